The predicted octanol–water partition coefficient (Wildman–Crippen LogP) is 3.25. The van der Waals surface area contributed by atoms with Crippen LogP contribution in [0.3, 0.4) is 0 Å². The van der Waals surface area contributed by atoms with Crippen LogP contribution in [0.2, 0.25) is 0 Å². The summed E-state index contributed by atoms with van der Waals surface area (Å²) in [5, 5.41) is 0. The summed E-state index contributed by atoms with van der Waals surface area (Å²) < 4.78 is 5.20. The minimum absolute atomic E-state index is 0.718. The molecule has 2 aromatic carbocycles. The van der Waals surface area contributed by atoms with Gasteiger partial charge >= 0.3 is 0 Å². The quantitative estimate of drug-likeness (QED) is 0.777. The van der Waals surface area contributed by atoms with E-state index >= 15 is 0 Å². The topological polar surface area (TPSA) is 35.2 Å². The van der Waals surface area contributed by atoms with Gasteiger partial charge in [-0.2, -0.15) is 0 Å². The zero-order valence-corrected chi connectivity index (χ0v) is 9.53. The molecule has 0 aliphatic rings. The Labute approximate surface area is 95.7 Å². The molecule has 0 unspecified atom stereocenters. The molecule has 0 radical (unpaired) electrons. The Balaban J connectivity index is 2.47. The van der Waals surface area contributed by atoms with Crippen LogP contribution in [-0.4, -0.2) is 7.11 Å². The highest BCUT2D eigenvalue weighted by atomic mass is 16.5. The van der Waals surface area contributed by atoms with Gasteiger partial charge in [0.15, 0.2) is 0 Å². The zero-order valence-electron chi connectivity index (χ0n) is 9.53. The van der Waals surface area contributed by atoms with Crippen LogP contribution in [0.15, 0.2) is 42.5 Å². The number of nitrogen functional groups attached to an aromatic ring is 1. The smallest absolute Gasteiger partial charge is 0.121 e. The predicted molar refractivity (Wildman–Crippen MR) is 67.6 cm³/mol. The number of benzene rings is 2. The van der Waals surface area contributed by atoms with E-state index in [1.165, 1.54) is 5.56 Å². The van der Waals surface area contributed by atoms with Crippen molar-refractivity contribution in [1.82, 2.24) is 0 Å². The molecule has 2 nitrogen and oxygen atoms in total. The third-order valence-corrected chi connectivity index (χ3v) is 2.55. The molecule has 0 aliphatic heterocycles. The first-order valence-corrected chi connectivity index (χ1v) is 5.20. The van der Waals surface area contributed by atoms with Crippen LogP contribution >= 0.6 is 0 Å². The van der Waals surface area contributed by atoms with Crippen LogP contribution in [0.5, 0.6) is 5.75 Å². The molecule has 2 aromatic rings. The lowest BCUT2D eigenvalue weighted by atomic mass is 10.0. The Bertz CT molecular complexity index is 489. The summed E-state index contributed by atoms with van der Waals surface area (Å²) in [6.45, 7) is 2.07. The summed E-state index contributed by atoms with van der Waals surface area (Å²) >= 11 is 0. The molecule has 0 bridgehead atoms. The summed E-state index contributed by atoms with van der Waals surface area (Å²) in [6, 6.07) is 14.1. The van der Waals surface area contributed by atoms with E-state index in [2.05, 4.69) is 31.2 Å². The fourth-order valence-corrected chi connectivity index (χ4v) is 1.65. The van der Waals surface area contributed by atoms with Crippen molar-refractivity contribution in [2.45, 2.75) is 6.92 Å². The first-order valence-electron chi connectivity index (χ1n) is 5.20. The van der Waals surface area contributed by atoms with Gasteiger partial charge in [-0.05, 0) is 30.2 Å². The van der Waals surface area contributed by atoms with Gasteiger partial charge in [-0.3, -0.25) is 0 Å². The molecular weight excluding hydrogens is 198 g/mol. The summed E-state index contributed by atoms with van der Waals surface area (Å²) in [5.41, 5.74) is 10.0. The maximum absolute atomic E-state index is 5.82. The van der Waals surface area contributed by atoms with Gasteiger partial charge in [-0.25, -0.2) is 0 Å². The summed E-state index contributed by atoms with van der Waals surface area (Å²) in [4.78, 5) is 0. The molecule has 82 valence electrons. The SMILES string of the molecule is COc1cc(N)cc(-c2ccc(C)cc2)c1. The normalized spacial score (nSPS) is 10.1. The molecule has 0 fully saturated rings. The molecule has 0 spiro atoms. The van der Waals surface area contributed by atoms with Gasteiger partial charge < -0.3 is 10.5 Å². The van der Waals surface area contributed by atoms with Crippen molar-refractivity contribution in [1.29, 1.82) is 0 Å². The van der Waals surface area contributed by atoms with Crippen LogP contribution in [0.25, 0.3) is 11.1 Å². The van der Waals surface area contributed by atoms with E-state index in [9.17, 15) is 0 Å². The van der Waals surface area contributed by atoms with Gasteiger partial charge in [0.1, 0.15) is 5.75 Å². The minimum Gasteiger partial charge on any atom is -0.497 e. The van der Waals surface area contributed by atoms with Gasteiger partial charge in [0, 0.05) is 11.8 Å². The van der Waals surface area contributed by atoms with E-state index in [-0.39, 0.29) is 0 Å². The largest absolute Gasteiger partial charge is 0.497 e. The molecular formula is C14H15NO. The van der Waals surface area contributed by atoms with Crippen LogP contribution in [0.1, 0.15) is 5.56 Å². The van der Waals surface area contributed by atoms with Crippen molar-refractivity contribution in [3.63, 3.8) is 0 Å². The van der Waals surface area contributed by atoms with Crippen molar-refractivity contribution >= 4 is 5.69 Å². The number of aryl methyl sites for hydroxylation is 1. The Morgan fingerprint density at radius 2 is 1.62 bits per heavy atom. The van der Waals surface area contributed by atoms with E-state index in [0.29, 0.717) is 0 Å². The van der Waals surface area contributed by atoms with Crippen molar-refractivity contribution in [3.8, 4) is 16.9 Å². The average Bonchev–Trinajstić information content (AvgIpc) is 2.29. The van der Waals surface area contributed by atoms with Gasteiger partial charge in [-0.1, -0.05) is 29.8 Å². The molecule has 0 aliphatic carbocycles. The Kier molecular flexibility index (Phi) is 2.82. The second-order valence-electron chi connectivity index (χ2n) is 3.86. The maximum Gasteiger partial charge on any atom is 0.121 e. The zero-order chi connectivity index (χ0) is 11.5. The Morgan fingerprint density at radius 1 is 0.938 bits per heavy atom. The van der Waals surface area contributed by atoms with Gasteiger partial charge in [0.25, 0.3) is 0 Å². The molecule has 0 saturated heterocycles. The number of hydrogen-bond donors (Lipinski definition) is 1. The number of nitrogens with two attached hydrogens (primary N) is 1. The van der Waals surface area contributed by atoms with E-state index in [4.69, 9.17) is 10.5 Å². The molecule has 0 heterocycles. The highest BCUT2D eigenvalue weighted by molar-refractivity contribution is 5.69. The lowest BCUT2D eigenvalue weighted by Crippen LogP contribution is -1.90. The highest BCUT2D eigenvalue weighted by Gasteiger charge is 2.01. The molecule has 2 N–H and O–H groups in total. The standard InChI is InChI=1S/C14H15NO/c1-10-3-5-11(6-4-10)12-7-13(15)9-14(8-12)16-2/h3-9H,15H2,1-2H3. The second-order valence-corrected chi connectivity index (χ2v) is 3.86. The van der Waals surface area contributed by atoms with E-state index in [1.807, 2.05) is 18.2 Å². The molecule has 16 heavy (non-hydrogen) atoms. The van der Waals surface area contributed by atoms with Gasteiger partial charge in [-0.15, -0.1) is 0 Å². The fourth-order valence-electron chi connectivity index (χ4n) is 1.65. The van der Waals surface area contributed by atoms with Crippen LogP contribution in [0, 0.1) is 6.92 Å². The van der Waals surface area contributed by atoms with Crippen molar-refractivity contribution in [2.24, 2.45) is 0 Å². The first-order chi connectivity index (χ1) is 7.69. The minimum atomic E-state index is 0.718. The summed E-state index contributed by atoms with van der Waals surface area (Å²) in [6.07, 6.45) is 0. The maximum atomic E-state index is 5.82. The molecule has 0 amide bonds. The van der Waals surface area contributed by atoms with Gasteiger partial charge in [0.2, 0.25) is 0 Å². The third kappa shape index (κ3) is 2.16. The average molecular weight is 213 g/mol. The molecule has 2 heteroatoms. The lowest BCUT2D eigenvalue weighted by molar-refractivity contribution is 0.415. The Hall–Kier alpha value is -1.96. The third-order valence-electron chi connectivity index (χ3n) is 2.55. The monoisotopic (exact) mass is 213 g/mol. The van der Waals surface area contributed by atoms with E-state index < -0.39 is 0 Å². The van der Waals surface area contributed by atoms with Crippen molar-refractivity contribution in [3.05, 3.63) is 48.0 Å². The number of rotatable bonds is 2. The second kappa shape index (κ2) is 4.27. The van der Waals surface area contributed by atoms with Crippen molar-refractivity contribution in [2.75, 3.05) is 12.8 Å². The Morgan fingerprint density at radius 3 is 2.25 bits per heavy atom. The number of ether oxygens (including phenoxy) is 1. The fraction of sp³-hybridized carbons (Fsp3) is 0.143. The van der Waals surface area contributed by atoms with Crippen LogP contribution in [0.4, 0.5) is 5.69 Å². The molecule has 0 atom stereocenters. The van der Waals surface area contributed by atoms with E-state index in [1.54, 1.807) is 7.11 Å². The summed E-state index contributed by atoms with van der Waals surface area (Å²) in [5.74, 6) is 0.788. The molecule has 0 aromatic heterocycles. The molecule has 2 rings (SSSR count). The molecule has 0 saturated carbocycles. The number of hydrogen-bond acceptors (Lipinski definition) is 2. The van der Waals surface area contributed by atoms with Crippen LogP contribution < -0.4 is 10.5 Å². The lowest BCUT2D eigenvalue weighted by Gasteiger charge is -2.07. The van der Waals surface area contributed by atoms with Crippen molar-refractivity contribution < 1.29 is 4.74 Å². The first kappa shape index (κ1) is 10.6. The summed E-state index contributed by atoms with van der Waals surface area (Å²) in [7, 11) is 1.65. The van der Waals surface area contributed by atoms with Gasteiger partial charge in [0.05, 0.1) is 7.11 Å². The number of methoxy groups -OCH3 is 1. The van der Waals surface area contributed by atoms with Crippen LogP contribution in [-0.2, 0) is 0 Å². The van der Waals surface area contributed by atoms with E-state index in [0.717, 1.165) is 22.6 Å². The highest BCUT2D eigenvalue weighted by Crippen LogP contribution is 2.27. The number of anilines is 1.